The van der Waals surface area contributed by atoms with Crippen molar-refractivity contribution >= 4 is 57.1 Å². The highest BCUT2D eigenvalue weighted by Crippen LogP contribution is 2.49. The molecule has 4 aromatic carbocycles. The van der Waals surface area contributed by atoms with E-state index in [1.54, 1.807) is 14.2 Å². The summed E-state index contributed by atoms with van der Waals surface area (Å²) in [4.78, 5) is 68.8. The Hall–Kier alpha value is -8.91. The van der Waals surface area contributed by atoms with Crippen LogP contribution in [0.3, 0.4) is 0 Å². The van der Waals surface area contributed by atoms with Crippen LogP contribution in [0.5, 0.6) is 11.5 Å². The molecule has 4 aliphatic rings. The molecule has 2 unspecified atom stereocenters. The highest BCUT2D eigenvalue weighted by atomic mass is 16.5. The lowest BCUT2D eigenvalue weighted by molar-refractivity contribution is -0.140. The first-order chi connectivity index (χ1) is 41.8. The summed E-state index contributed by atoms with van der Waals surface area (Å²) in [7, 11) is 4.67. The fraction of sp³-hybridized carbons (Fsp3) is 0.357. The molecule has 11 rings (SSSR count). The predicted octanol–water partition coefficient (Wildman–Crippen LogP) is 12.0. The van der Waals surface area contributed by atoms with Gasteiger partial charge >= 0.3 is 5.97 Å². The maximum Gasteiger partial charge on any atom is 0.305 e. The molecule has 8 bridgehead atoms. The summed E-state index contributed by atoms with van der Waals surface area (Å²) in [5, 5.41) is 7.32. The van der Waals surface area contributed by atoms with Gasteiger partial charge in [0.15, 0.2) is 17.3 Å². The Labute approximate surface area is 502 Å². The Kier molecular flexibility index (Phi) is 17.6. The van der Waals surface area contributed by atoms with Crippen molar-refractivity contribution in [3.8, 4) is 23.3 Å². The molecule has 3 aromatic heterocycles. The van der Waals surface area contributed by atoms with Gasteiger partial charge in [0.1, 0.15) is 25.4 Å². The van der Waals surface area contributed by atoms with Gasteiger partial charge < -0.3 is 44.3 Å². The molecule has 3 aliphatic heterocycles. The molecular formula is C70H74N8O8. The number of benzene rings is 4. The number of carbonyl (C=O) groups excluding carboxylic acids is 3. The van der Waals surface area contributed by atoms with Crippen LogP contribution in [-0.2, 0) is 44.8 Å². The number of nitrogens with one attached hydrogen (secondary N) is 4. The number of hydrogen-bond donors (Lipinski definition) is 4. The van der Waals surface area contributed by atoms with E-state index in [1.165, 1.54) is 30.1 Å². The average Bonchev–Trinajstić information content (AvgIpc) is 1.68. The minimum Gasteiger partial charge on any atom is -0.487 e. The zero-order valence-corrected chi connectivity index (χ0v) is 50.5. The number of aromatic nitrogens is 4. The lowest BCUT2D eigenvalue weighted by Gasteiger charge is -2.22. The first-order valence-electron chi connectivity index (χ1n) is 29.8. The summed E-state index contributed by atoms with van der Waals surface area (Å²) in [6, 6.07) is 27.1. The van der Waals surface area contributed by atoms with Crippen molar-refractivity contribution in [1.29, 1.82) is 0 Å². The number of anilines is 2. The summed E-state index contributed by atoms with van der Waals surface area (Å²) in [5.74, 6) is 7.37. The predicted molar refractivity (Wildman–Crippen MR) is 335 cm³/mol. The van der Waals surface area contributed by atoms with E-state index in [0.717, 1.165) is 108 Å². The van der Waals surface area contributed by atoms with Crippen LogP contribution in [0.25, 0.3) is 16.5 Å². The number of ketones is 1. The molecule has 16 nitrogen and oxygen atoms in total. The number of amides is 1. The van der Waals surface area contributed by atoms with Gasteiger partial charge in [-0.3, -0.25) is 24.4 Å². The van der Waals surface area contributed by atoms with Crippen molar-refractivity contribution in [2.24, 2.45) is 21.8 Å². The number of rotatable bonds is 19. The van der Waals surface area contributed by atoms with Crippen molar-refractivity contribution in [3.05, 3.63) is 181 Å². The molecule has 442 valence electrons. The Morgan fingerprint density at radius 3 is 2.26 bits per heavy atom. The second-order valence-corrected chi connectivity index (χ2v) is 22.6. The third-order valence-electron chi connectivity index (χ3n) is 17.5. The molecule has 7 aromatic rings. The lowest BCUT2D eigenvalue weighted by Crippen LogP contribution is -2.24. The minimum atomic E-state index is -0.281. The fourth-order valence-electron chi connectivity index (χ4n) is 12.9. The topological polar surface area (TPSA) is 203 Å². The van der Waals surface area contributed by atoms with Crippen molar-refractivity contribution < 1.29 is 38.1 Å². The third kappa shape index (κ3) is 11.9. The van der Waals surface area contributed by atoms with Crippen molar-refractivity contribution in [1.82, 2.24) is 25.3 Å². The molecule has 16 heteroatoms. The SMILES string of the molecule is CCC1=C(C)C2Cc3[nH]c(c(C)c3CC)C(c3ccc(C(=O)NCc4ccc(C#Cc5cccc(Nc6ncnc7cc(OCCOC)c(OCCOC)cc67)c5)cc4)cc3)=C3N=C(C4CC(=O)c5c4[nH]c(c5C)CC1=N2)[C@@H](CCC(=O)OC)[C@@H]3C. The standard InChI is InChI=1S/C70H74N8O8/c1-10-49-39(3)54-34-58-50(11-2)40(4)65(77-58)64(66-41(5)51(25-26-62(80)84-9)67(78-66)53-32-59(79)63-42(6)55(76-68(53)63)35-57(49)75-54)46-21-23-47(24-22-46)70(81)71-37-45-19-16-43(17-20-45)15-18-44-13-12-14-48(31-44)74-69-52-33-60(85-29-27-82-7)61(86-30-28-83-8)36-56(52)72-38-73-69/h12-14,16-17,19-24,31,33,36,38,41,51,53-54,76-77H,10-11,25-30,32,34-35,37H2,1-9H3,(H,71,81)(H,72,73,74)/t41-,51-,53?,54?/m0/s1. The van der Waals surface area contributed by atoms with Crippen molar-refractivity contribution in [2.45, 2.75) is 105 Å². The molecule has 4 atom stereocenters. The second-order valence-electron chi connectivity index (χ2n) is 22.6. The van der Waals surface area contributed by atoms with Crippen LogP contribution >= 0.6 is 0 Å². The highest BCUT2D eigenvalue weighted by Gasteiger charge is 2.45. The van der Waals surface area contributed by atoms with Crippen LogP contribution in [0, 0.1) is 37.5 Å². The lowest BCUT2D eigenvalue weighted by atomic mass is 9.79. The average molecular weight is 1160 g/mol. The van der Waals surface area contributed by atoms with E-state index >= 15 is 0 Å². The van der Waals surface area contributed by atoms with Gasteiger partial charge in [-0.2, -0.15) is 0 Å². The summed E-state index contributed by atoms with van der Waals surface area (Å²) >= 11 is 0. The van der Waals surface area contributed by atoms with E-state index in [4.69, 9.17) is 33.7 Å². The number of fused-ring (bicyclic) bond motifs is 7. The van der Waals surface area contributed by atoms with E-state index in [9.17, 15) is 14.4 Å². The number of methoxy groups -OCH3 is 3. The number of Topliss-reactive ketones (excluding diaryl/α,β-unsaturated/α-hetero) is 1. The van der Waals surface area contributed by atoms with Crippen molar-refractivity contribution in [3.63, 3.8) is 0 Å². The summed E-state index contributed by atoms with van der Waals surface area (Å²) in [6.07, 6.45) is 5.60. The zero-order chi connectivity index (χ0) is 60.2. The summed E-state index contributed by atoms with van der Waals surface area (Å²) < 4.78 is 27.6. The highest BCUT2D eigenvalue weighted by molar-refractivity contribution is 6.12. The number of nitrogens with zero attached hydrogens (tertiary/aromatic N) is 4. The van der Waals surface area contributed by atoms with Gasteiger partial charge in [0.2, 0.25) is 0 Å². The first-order valence-corrected chi connectivity index (χ1v) is 29.8. The largest absolute Gasteiger partial charge is 0.487 e. The van der Waals surface area contributed by atoms with E-state index < -0.39 is 0 Å². The maximum absolute atomic E-state index is 14.1. The van der Waals surface area contributed by atoms with Gasteiger partial charge in [-0.1, -0.05) is 62.9 Å². The number of aliphatic imine (C=N–C) groups is 2. The molecule has 0 fully saturated rings. The van der Waals surface area contributed by atoms with E-state index in [0.29, 0.717) is 87.1 Å². The summed E-state index contributed by atoms with van der Waals surface area (Å²) in [5.41, 5.74) is 20.1. The van der Waals surface area contributed by atoms with Crippen molar-refractivity contribution in [2.75, 3.05) is 53.1 Å². The molecule has 6 heterocycles. The van der Waals surface area contributed by atoms with Crippen LogP contribution in [0.15, 0.2) is 118 Å². The maximum atomic E-state index is 14.1. The van der Waals surface area contributed by atoms with Crippen LogP contribution in [0.1, 0.15) is 142 Å². The zero-order valence-electron chi connectivity index (χ0n) is 50.5. The molecule has 0 spiro atoms. The van der Waals surface area contributed by atoms with E-state index in [1.807, 2.05) is 84.9 Å². The normalized spacial score (nSPS) is 17.8. The van der Waals surface area contributed by atoms with Gasteiger partial charge in [-0.15, -0.1) is 0 Å². The van der Waals surface area contributed by atoms with Gasteiger partial charge in [-0.25, -0.2) is 9.97 Å². The number of esters is 1. The van der Waals surface area contributed by atoms with Gasteiger partial charge in [-0.05, 0) is 128 Å². The Balaban J connectivity index is 0.833. The Bertz CT molecular complexity index is 3970. The smallest absolute Gasteiger partial charge is 0.305 e. The number of H-pyrrole nitrogens is 2. The number of aromatic amines is 2. The molecule has 86 heavy (non-hydrogen) atoms. The number of ether oxygens (including phenoxy) is 5. The van der Waals surface area contributed by atoms with Gasteiger partial charge in [0, 0.05) is 138 Å². The number of allylic oxidation sites excluding steroid dienone is 2. The van der Waals surface area contributed by atoms with Crippen LogP contribution in [-0.4, -0.2) is 103 Å². The second kappa shape index (κ2) is 25.7. The fourth-order valence-corrected chi connectivity index (χ4v) is 12.9. The quantitative estimate of drug-likeness (QED) is 0.0341. The molecule has 0 saturated carbocycles. The molecule has 0 radical (unpaired) electrons. The molecule has 4 N–H and O–H groups in total. The van der Waals surface area contributed by atoms with Gasteiger partial charge in [0.05, 0.1) is 43.3 Å². The van der Waals surface area contributed by atoms with E-state index in [2.05, 4.69) is 84.0 Å². The summed E-state index contributed by atoms with van der Waals surface area (Å²) in [6.45, 7) is 14.9. The van der Waals surface area contributed by atoms with Crippen LogP contribution in [0.2, 0.25) is 0 Å². The van der Waals surface area contributed by atoms with Gasteiger partial charge in [0.25, 0.3) is 5.91 Å². The Morgan fingerprint density at radius 1 is 0.791 bits per heavy atom. The van der Waals surface area contributed by atoms with E-state index in [-0.39, 0.29) is 47.9 Å². The molecule has 0 saturated heterocycles. The third-order valence-corrected chi connectivity index (χ3v) is 17.5. The first kappa shape index (κ1) is 58.8. The molecule has 1 aliphatic carbocycles. The van der Waals surface area contributed by atoms with Crippen LogP contribution in [0.4, 0.5) is 11.5 Å². The number of carbonyl (C=O) groups is 3. The molecular weight excluding hydrogens is 1080 g/mol. The minimum absolute atomic E-state index is 0.0250. The number of hydrogen-bond acceptors (Lipinski definition) is 13. The molecule has 1 amide bonds. The monoisotopic (exact) mass is 1150 g/mol. The van der Waals surface area contributed by atoms with Crippen LogP contribution < -0.4 is 20.1 Å². The Morgan fingerprint density at radius 2 is 1.53 bits per heavy atom.